The quantitative estimate of drug-likeness (QED) is 0.346. The molecule has 0 aliphatic carbocycles. The van der Waals surface area contributed by atoms with Crippen molar-refractivity contribution in [3.63, 3.8) is 0 Å². The molecule has 0 saturated heterocycles. The maximum Gasteiger partial charge on any atom is 0.410 e. The lowest BCUT2D eigenvalue weighted by molar-refractivity contribution is 0.0270. The van der Waals surface area contributed by atoms with Crippen molar-refractivity contribution in [3.05, 3.63) is 46.2 Å². The number of rotatable bonds is 3. The lowest BCUT2D eigenvalue weighted by atomic mass is 9.94. The summed E-state index contributed by atoms with van der Waals surface area (Å²) in [5, 5.41) is 5.68. The molecule has 0 aromatic carbocycles. The Morgan fingerprint density at radius 1 is 1.26 bits per heavy atom. The van der Waals surface area contributed by atoms with Gasteiger partial charge in [0.2, 0.25) is 0 Å². The van der Waals surface area contributed by atoms with Crippen LogP contribution < -0.4 is 0 Å². The molecule has 184 valence electrons. The Bertz CT molecular complexity index is 1460. The number of nitrogens with one attached hydrogen (secondary N) is 1. The highest BCUT2D eigenvalue weighted by Gasteiger charge is 2.27. The first kappa shape index (κ1) is 23.6. The van der Waals surface area contributed by atoms with Crippen molar-refractivity contribution < 1.29 is 9.53 Å². The van der Waals surface area contributed by atoms with Crippen molar-refractivity contribution in [3.8, 4) is 11.3 Å². The average molecular weight is 492 g/mol. The molecular weight excluding hydrogens is 458 g/mol. The second kappa shape index (κ2) is 8.52. The van der Waals surface area contributed by atoms with E-state index in [2.05, 4.69) is 61.1 Å². The third kappa shape index (κ3) is 4.24. The number of ether oxygens (including phenoxy) is 1. The highest BCUT2D eigenvalue weighted by atomic mass is 32.1. The maximum absolute atomic E-state index is 12.5. The monoisotopic (exact) mass is 491 g/mol. The summed E-state index contributed by atoms with van der Waals surface area (Å²) < 4.78 is 7.40. The standard InChI is InChI=1S/C27H33N5O2S/c1-15(2)20-21-17(4)23(18-8-10-31(11-9-18)26(33)34-27(5,6)7)35-25(21)30-22(20)19-12-16(3)24-28-14-29-32(24)13-19/h8,12-15,30H,9-11H2,1-7H3. The molecule has 0 radical (unpaired) electrons. The minimum Gasteiger partial charge on any atom is -0.444 e. The van der Waals surface area contributed by atoms with E-state index < -0.39 is 5.60 Å². The van der Waals surface area contributed by atoms with Crippen LogP contribution in [0.15, 0.2) is 24.7 Å². The first-order chi connectivity index (χ1) is 16.5. The average Bonchev–Trinajstić information content (AvgIpc) is 3.47. The number of aromatic nitrogens is 4. The minimum absolute atomic E-state index is 0.242. The highest BCUT2D eigenvalue weighted by molar-refractivity contribution is 7.20. The summed E-state index contributed by atoms with van der Waals surface area (Å²) in [6.07, 6.45) is 6.43. The number of nitrogens with zero attached hydrogens (tertiary/aromatic N) is 4. The molecule has 1 N–H and O–H groups in total. The molecule has 4 aromatic heterocycles. The van der Waals surface area contributed by atoms with E-state index in [1.807, 2.05) is 36.6 Å². The number of hydrogen-bond acceptors (Lipinski definition) is 5. The molecule has 35 heavy (non-hydrogen) atoms. The zero-order valence-electron chi connectivity index (χ0n) is 21.5. The topological polar surface area (TPSA) is 75.5 Å². The summed E-state index contributed by atoms with van der Waals surface area (Å²) in [5.41, 5.74) is 7.75. The van der Waals surface area contributed by atoms with Gasteiger partial charge in [-0.25, -0.2) is 14.3 Å². The Labute approximate surface area is 209 Å². The van der Waals surface area contributed by atoms with Gasteiger partial charge in [-0.05, 0) is 75.3 Å². The fourth-order valence-electron chi connectivity index (χ4n) is 4.94. The Hall–Kier alpha value is -3.13. The number of pyridine rings is 1. The number of thiophene rings is 1. The van der Waals surface area contributed by atoms with Gasteiger partial charge in [0, 0.05) is 35.1 Å². The lowest BCUT2D eigenvalue weighted by Crippen LogP contribution is -2.39. The van der Waals surface area contributed by atoms with Gasteiger partial charge in [-0.1, -0.05) is 19.9 Å². The van der Waals surface area contributed by atoms with E-state index in [1.54, 1.807) is 11.2 Å². The Kier molecular flexibility index (Phi) is 5.74. The number of fused-ring (bicyclic) bond motifs is 2. The molecule has 1 amide bonds. The fourth-order valence-corrected chi connectivity index (χ4v) is 6.24. The molecule has 1 aliphatic heterocycles. The van der Waals surface area contributed by atoms with Crippen molar-refractivity contribution in [2.24, 2.45) is 0 Å². The van der Waals surface area contributed by atoms with E-state index in [0.29, 0.717) is 19.0 Å². The molecule has 0 spiro atoms. The number of amides is 1. The van der Waals surface area contributed by atoms with Crippen molar-refractivity contribution >= 4 is 38.9 Å². The number of hydrogen-bond donors (Lipinski definition) is 1. The molecule has 0 unspecified atom stereocenters. The first-order valence-electron chi connectivity index (χ1n) is 12.2. The molecule has 4 aromatic rings. The third-order valence-electron chi connectivity index (χ3n) is 6.50. The van der Waals surface area contributed by atoms with Crippen LogP contribution in [-0.2, 0) is 4.74 Å². The van der Waals surface area contributed by atoms with Crippen molar-refractivity contribution in [2.75, 3.05) is 13.1 Å². The predicted octanol–water partition coefficient (Wildman–Crippen LogP) is 6.70. The Balaban J connectivity index is 1.51. The smallest absolute Gasteiger partial charge is 0.410 e. The van der Waals surface area contributed by atoms with E-state index in [-0.39, 0.29) is 6.09 Å². The molecule has 5 rings (SSSR count). The lowest BCUT2D eigenvalue weighted by Gasteiger charge is -2.29. The zero-order chi connectivity index (χ0) is 25.1. The van der Waals surface area contributed by atoms with Gasteiger partial charge in [0.05, 0.1) is 5.69 Å². The second-order valence-electron chi connectivity index (χ2n) is 10.7. The van der Waals surface area contributed by atoms with Crippen molar-refractivity contribution in [1.29, 1.82) is 0 Å². The summed E-state index contributed by atoms with van der Waals surface area (Å²) in [7, 11) is 0. The third-order valence-corrected chi connectivity index (χ3v) is 7.78. The van der Waals surface area contributed by atoms with Crippen LogP contribution in [0.4, 0.5) is 4.79 Å². The number of H-pyrrole nitrogens is 1. The van der Waals surface area contributed by atoms with E-state index in [0.717, 1.165) is 28.9 Å². The molecule has 0 bridgehead atoms. The molecule has 0 atom stereocenters. The molecule has 5 heterocycles. The number of aryl methyl sites for hydroxylation is 2. The fraction of sp³-hybridized carbons (Fsp3) is 0.444. The highest BCUT2D eigenvalue weighted by Crippen LogP contribution is 2.44. The maximum atomic E-state index is 12.5. The van der Waals surface area contributed by atoms with E-state index in [4.69, 9.17) is 4.74 Å². The molecule has 0 saturated carbocycles. The summed E-state index contributed by atoms with van der Waals surface area (Å²) in [5.74, 6) is 0.356. The van der Waals surface area contributed by atoms with Crippen molar-refractivity contribution in [1.82, 2.24) is 24.5 Å². The largest absolute Gasteiger partial charge is 0.444 e. The minimum atomic E-state index is -0.480. The normalized spacial score (nSPS) is 14.9. The summed E-state index contributed by atoms with van der Waals surface area (Å²) in [4.78, 5) is 24.9. The molecule has 1 aliphatic rings. The summed E-state index contributed by atoms with van der Waals surface area (Å²) >= 11 is 1.81. The van der Waals surface area contributed by atoms with Crippen LogP contribution >= 0.6 is 11.3 Å². The number of carbonyl (C=O) groups excluding carboxylic acids is 1. The van der Waals surface area contributed by atoms with Crippen LogP contribution in [0.5, 0.6) is 0 Å². The first-order valence-corrected chi connectivity index (χ1v) is 13.0. The van der Waals surface area contributed by atoms with Crippen LogP contribution in [-0.4, -0.2) is 49.3 Å². The van der Waals surface area contributed by atoms with Gasteiger partial charge in [0.15, 0.2) is 5.65 Å². The molecular formula is C27H33N5O2S. The van der Waals surface area contributed by atoms with Crippen LogP contribution in [0.2, 0.25) is 0 Å². The van der Waals surface area contributed by atoms with Crippen LogP contribution in [0.3, 0.4) is 0 Å². The summed E-state index contributed by atoms with van der Waals surface area (Å²) in [6, 6.07) is 2.19. The molecule has 8 heteroatoms. The van der Waals surface area contributed by atoms with Crippen LogP contribution in [0.25, 0.3) is 32.7 Å². The van der Waals surface area contributed by atoms with Gasteiger partial charge in [0.1, 0.15) is 16.8 Å². The molecule has 7 nitrogen and oxygen atoms in total. The number of carbonyl (C=O) groups is 1. The second-order valence-corrected chi connectivity index (χ2v) is 11.7. The van der Waals surface area contributed by atoms with Gasteiger partial charge in [-0.2, -0.15) is 5.10 Å². The zero-order valence-corrected chi connectivity index (χ0v) is 22.3. The predicted molar refractivity (Wildman–Crippen MR) is 142 cm³/mol. The van der Waals surface area contributed by atoms with E-state index in [1.165, 1.54) is 31.8 Å². The Morgan fingerprint density at radius 3 is 2.69 bits per heavy atom. The SMILES string of the molecule is Cc1c(C2=CCN(C(=O)OC(C)(C)C)CC2)sc2[nH]c(-c3cc(C)c4ncnn4c3)c(C(C)C)c12. The van der Waals surface area contributed by atoms with Gasteiger partial charge in [-0.3, -0.25) is 0 Å². The van der Waals surface area contributed by atoms with E-state index >= 15 is 0 Å². The summed E-state index contributed by atoms with van der Waals surface area (Å²) in [6.45, 7) is 15.8. The van der Waals surface area contributed by atoms with Gasteiger partial charge in [0.25, 0.3) is 0 Å². The van der Waals surface area contributed by atoms with Crippen LogP contribution in [0.1, 0.15) is 68.5 Å². The van der Waals surface area contributed by atoms with Gasteiger partial charge < -0.3 is 14.6 Å². The van der Waals surface area contributed by atoms with E-state index in [9.17, 15) is 4.79 Å². The van der Waals surface area contributed by atoms with Gasteiger partial charge in [-0.15, -0.1) is 11.3 Å². The van der Waals surface area contributed by atoms with Crippen LogP contribution in [0, 0.1) is 13.8 Å². The molecule has 0 fully saturated rings. The van der Waals surface area contributed by atoms with Crippen molar-refractivity contribution in [2.45, 2.75) is 66.4 Å². The van der Waals surface area contributed by atoms with Gasteiger partial charge >= 0.3 is 6.09 Å². The number of aromatic amines is 1. The Morgan fingerprint density at radius 2 is 2.03 bits per heavy atom.